The molecule has 0 spiro atoms. The molecule has 0 bridgehead atoms. The van der Waals surface area contributed by atoms with Crippen molar-refractivity contribution in [2.75, 3.05) is 0 Å². The molecular weight excluding hydrogens is 48.0 g/mol. The molecule has 0 heterocycles. The largest absolute Gasteiger partial charge is 0.0892 e. The summed E-state index contributed by atoms with van der Waals surface area (Å²) in [6.07, 6.45) is 1.00. The molecule has 0 aromatic carbocycles. The van der Waals surface area contributed by atoms with Crippen molar-refractivity contribution < 1.29 is 0 Å². The first-order valence-electron chi connectivity index (χ1n) is 0.957. The second-order valence-electron chi connectivity index (χ2n) is 0.530. The summed E-state index contributed by atoms with van der Waals surface area (Å²) in [5.74, 6) is 5.50. The molecule has 0 saturated heterocycles. The Balaban J connectivity index is 0.0000000900. The predicted molar refractivity (Wildman–Crippen MR) is 19.1 cm³/mol. The average Bonchev–Trinajstić information content (AvgIpc) is 1.46. The van der Waals surface area contributed by atoms with Crippen molar-refractivity contribution in [3.63, 3.8) is 0 Å². The van der Waals surface area contributed by atoms with Gasteiger partial charge in [-0.25, -0.2) is 0 Å². The molecular formula is C4H6. The molecule has 0 nitrogen and oxygen atoms in total. The fourth-order valence-corrected chi connectivity index (χ4v) is 0. The first-order valence-corrected chi connectivity index (χ1v) is 0.957. The van der Waals surface area contributed by atoms with Crippen LogP contribution >= 0.6 is 0 Å². The molecule has 0 aliphatic heterocycles. The van der Waals surface area contributed by atoms with Crippen molar-refractivity contribution in [1.29, 1.82) is 0 Å². The Bertz CT molecular complexity index is 46.2. The summed E-state index contributed by atoms with van der Waals surface area (Å²) in [5.41, 5.74) is 0. The zero-order valence-electron chi connectivity index (χ0n) is 1.71. The van der Waals surface area contributed by atoms with Gasteiger partial charge in [0, 0.05) is 0 Å². The van der Waals surface area contributed by atoms with Crippen LogP contribution in [0.25, 0.3) is 0 Å². The van der Waals surface area contributed by atoms with Crippen LogP contribution in [0.3, 0.4) is 0 Å². The summed E-state index contributed by atoms with van der Waals surface area (Å²) < 4.78 is 0. The topological polar surface area (TPSA) is 0 Å². The smallest absolute Gasteiger partial charge is 0.0703 e. The highest BCUT2D eigenvalue weighted by Crippen LogP contribution is 1.79. The highest BCUT2D eigenvalue weighted by atomic mass is 13.7. The molecule has 1 rings (SSSR count). The van der Waals surface area contributed by atoms with Crippen molar-refractivity contribution in [1.82, 2.24) is 0 Å². The van der Waals surface area contributed by atoms with Crippen LogP contribution in [0.4, 0.5) is 0 Å². The number of hydrogen-bond donors (Lipinski definition) is 0. The normalized spacial score (nSPS) is 10.0. The van der Waals surface area contributed by atoms with Gasteiger partial charge in [-0.3, -0.25) is 0 Å². The number of rotatable bonds is 0. The van der Waals surface area contributed by atoms with Gasteiger partial charge in [-0.05, 0) is 0 Å². The maximum Gasteiger partial charge on any atom is 0.0703 e. The first kappa shape index (κ1) is 3.56. The third-order valence-electron chi connectivity index (χ3n) is 0.177. The van der Waals surface area contributed by atoms with E-state index in [9.17, 15) is 0 Å². The van der Waals surface area contributed by atoms with E-state index in [1.807, 2.05) is 0 Å². The Kier molecular flexibility index (Phi) is 0.846. The minimum absolute atomic E-state index is 0. The van der Waals surface area contributed by atoms with Gasteiger partial charge in [0.1, 0.15) is 0 Å². The number of hydrogen-bond acceptors (Lipinski definition) is 0. The van der Waals surface area contributed by atoms with Gasteiger partial charge in [0.25, 0.3) is 0 Å². The highest BCUT2D eigenvalue weighted by Gasteiger charge is 1.71. The fourth-order valence-electron chi connectivity index (χ4n) is 0. The molecule has 1 aliphatic carbocycles. The standard InChI is InChI=1S/C3H2.CH4/c1-2-3-1;/h1H2;1H4. The van der Waals surface area contributed by atoms with Gasteiger partial charge in [-0.15, -0.1) is 0 Å². The molecule has 0 amide bonds. The van der Waals surface area contributed by atoms with Crippen LogP contribution in [0.5, 0.6) is 0 Å². The van der Waals surface area contributed by atoms with Gasteiger partial charge < -0.3 is 0 Å². The van der Waals surface area contributed by atoms with E-state index in [1.165, 1.54) is 0 Å². The van der Waals surface area contributed by atoms with Gasteiger partial charge in [0.2, 0.25) is 0 Å². The van der Waals surface area contributed by atoms with Crippen molar-refractivity contribution in [2.24, 2.45) is 0 Å². The lowest BCUT2D eigenvalue weighted by atomic mass is 10.9. The molecule has 22 valence electrons. The quantitative estimate of drug-likeness (QED) is 0.362. The first-order chi connectivity index (χ1) is 1.50. The summed E-state index contributed by atoms with van der Waals surface area (Å²) in [7, 11) is 0. The van der Waals surface area contributed by atoms with Crippen LogP contribution in [0.1, 0.15) is 13.8 Å². The van der Waals surface area contributed by atoms with E-state index in [0.29, 0.717) is 0 Å². The van der Waals surface area contributed by atoms with E-state index in [2.05, 4.69) is 11.8 Å². The third-order valence-corrected chi connectivity index (χ3v) is 0.177. The highest BCUT2D eigenvalue weighted by molar-refractivity contribution is 5.21. The van der Waals surface area contributed by atoms with Crippen molar-refractivity contribution in [3.05, 3.63) is 0 Å². The Hall–Kier alpha value is -0.440. The van der Waals surface area contributed by atoms with Crippen LogP contribution in [0, 0.1) is 11.8 Å². The predicted octanol–water partition coefficient (Wildman–Crippen LogP) is 1.03. The van der Waals surface area contributed by atoms with E-state index in [-0.39, 0.29) is 7.43 Å². The van der Waals surface area contributed by atoms with Crippen molar-refractivity contribution in [2.45, 2.75) is 13.8 Å². The molecule has 0 atom stereocenters. The summed E-state index contributed by atoms with van der Waals surface area (Å²) in [4.78, 5) is 0. The monoisotopic (exact) mass is 54.0 g/mol. The molecule has 0 unspecified atom stereocenters. The van der Waals surface area contributed by atoms with Gasteiger partial charge >= 0.3 is 0 Å². The van der Waals surface area contributed by atoms with Crippen LogP contribution < -0.4 is 0 Å². The molecule has 0 saturated carbocycles. The van der Waals surface area contributed by atoms with Crippen LogP contribution in [0.2, 0.25) is 0 Å². The summed E-state index contributed by atoms with van der Waals surface area (Å²) in [6, 6.07) is 0. The second-order valence-corrected chi connectivity index (χ2v) is 0.530. The fraction of sp³-hybridized carbons (Fsp3) is 0.500. The lowest BCUT2D eigenvalue weighted by Crippen LogP contribution is -1.07. The minimum atomic E-state index is 0. The van der Waals surface area contributed by atoms with Crippen LogP contribution in [0.15, 0.2) is 0 Å². The van der Waals surface area contributed by atoms with Gasteiger partial charge in [-0.2, -0.15) is 0 Å². The average molecular weight is 54.1 g/mol. The molecule has 0 radical (unpaired) electrons. The lowest BCUT2D eigenvalue weighted by Gasteiger charge is -1.15. The van der Waals surface area contributed by atoms with E-state index >= 15 is 0 Å². The minimum Gasteiger partial charge on any atom is -0.0892 e. The molecule has 1 aliphatic rings. The van der Waals surface area contributed by atoms with Crippen molar-refractivity contribution >= 4 is 0 Å². The van der Waals surface area contributed by atoms with Crippen molar-refractivity contribution in [3.8, 4) is 11.8 Å². The Labute approximate surface area is 26.8 Å². The summed E-state index contributed by atoms with van der Waals surface area (Å²) in [5, 5.41) is 0. The summed E-state index contributed by atoms with van der Waals surface area (Å²) >= 11 is 0. The van der Waals surface area contributed by atoms with Gasteiger partial charge in [0.05, 0.1) is 6.42 Å². The molecule has 0 heteroatoms. The Morgan fingerprint density at radius 3 is 1.50 bits per heavy atom. The van der Waals surface area contributed by atoms with Gasteiger partial charge in [0.15, 0.2) is 0 Å². The van der Waals surface area contributed by atoms with E-state index in [1.54, 1.807) is 0 Å². The van der Waals surface area contributed by atoms with E-state index < -0.39 is 0 Å². The Morgan fingerprint density at radius 2 is 1.50 bits per heavy atom. The Morgan fingerprint density at radius 1 is 1.25 bits per heavy atom. The molecule has 0 aromatic rings. The molecule has 4 heavy (non-hydrogen) atoms. The summed E-state index contributed by atoms with van der Waals surface area (Å²) in [6.45, 7) is 0. The maximum atomic E-state index is 2.75. The SMILES string of the molecule is C.C1#CC1. The molecule has 0 aromatic heterocycles. The van der Waals surface area contributed by atoms with E-state index in [4.69, 9.17) is 0 Å². The lowest BCUT2D eigenvalue weighted by molar-refractivity contribution is 1.76. The van der Waals surface area contributed by atoms with E-state index in [0.717, 1.165) is 6.42 Å². The molecule has 0 N–H and O–H groups in total. The second kappa shape index (κ2) is 0.951. The maximum absolute atomic E-state index is 2.75. The zero-order valence-corrected chi connectivity index (χ0v) is 1.71. The van der Waals surface area contributed by atoms with Crippen LogP contribution in [-0.4, -0.2) is 0 Å². The van der Waals surface area contributed by atoms with Crippen LogP contribution in [-0.2, 0) is 0 Å². The third kappa shape index (κ3) is 1.56. The zero-order chi connectivity index (χ0) is 2.12. The molecule has 0 fully saturated rings. The van der Waals surface area contributed by atoms with Gasteiger partial charge in [-0.1, -0.05) is 19.3 Å².